The van der Waals surface area contributed by atoms with Crippen LogP contribution in [0.25, 0.3) is 0 Å². The van der Waals surface area contributed by atoms with Crippen LogP contribution in [0.5, 0.6) is 0 Å². The largest absolute Gasteiger partial charge is 0.301 e. The Morgan fingerprint density at radius 1 is 1.24 bits per heavy atom. The molecule has 1 rings (SSSR count). The molecule has 0 bridgehead atoms. The van der Waals surface area contributed by atoms with Crippen molar-refractivity contribution in [1.29, 1.82) is 0 Å². The lowest BCUT2D eigenvalue weighted by atomic mass is 10.1. The smallest absolute Gasteiger partial charge is 0.294 e. The minimum atomic E-state index is -3.49. The molecule has 0 unspecified atom stereocenters. The number of benzene rings is 1. The second kappa shape index (κ2) is 5.29. The third-order valence-corrected chi connectivity index (χ3v) is 3.71. The van der Waals surface area contributed by atoms with Crippen molar-refractivity contribution in [3.05, 3.63) is 29.8 Å². The van der Waals surface area contributed by atoms with Crippen LogP contribution in [0.15, 0.2) is 24.3 Å². The van der Waals surface area contributed by atoms with Crippen LogP contribution in [0.1, 0.15) is 23.7 Å². The topological polar surface area (TPSA) is 66.5 Å². The molecule has 0 saturated heterocycles. The van der Waals surface area contributed by atoms with Gasteiger partial charge in [0.15, 0.2) is 5.78 Å². The van der Waals surface area contributed by atoms with Crippen molar-refractivity contribution in [1.82, 2.24) is 4.31 Å². The van der Waals surface area contributed by atoms with Gasteiger partial charge in [-0.25, -0.2) is 0 Å². The van der Waals surface area contributed by atoms with Gasteiger partial charge in [-0.15, -0.1) is 0 Å². The molecule has 94 valence electrons. The Morgan fingerprint density at radius 3 is 2.18 bits per heavy atom. The first-order valence-electron chi connectivity index (χ1n) is 5.20. The Labute approximate surface area is 102 Å². The van der Waals surface area contributed by atoms with Crippen molar-refractivity contribution in [2.45, 2.75) is 13.3 Å². The molecule has 0 aliphatic carbocycles. The van der Waals surface area contributed by atoms with Gasteiger partial charge in [-0.05, 0) is 24.3 Å². The average molecular weight is 256 g/mol. The van der Waals surface area contributed by atoms with E-state index < -0.39 is 10.2 Å². The molecule has 0 aliphatic heterocycles. The van der Waals surface area contributed by atoms with E-state index in [1.807, 2.05) is 0 Å². The molecule has 1 aromatic carbocycles. The number of carbonyl (C=O) groups excluding carboxylic acids is 1. The van der Waals surface area contributed by atoms with Crippen LogP contribution < -0.4 is 4.72 Å². The number of nitrogens with zero attached hydrogens (tertiary/aromatic N) is 1. The molecular weight excluding hydrogens is 240 g/mol. The maximum Gasteiger partial charge on any atom is 0.301 e. The van der Waals surface area contributed by atoms with Crippen LogP contribution in [0.3, 0.4) is 0 Å². The predicted octanol–water partition coefficient (Wildman–Crippen LogP) is 1.50. The maximum atomic E-state index is 11.5. The van der Waals surface area contributed by atoms with Gasteiger partial charge in [0.05, 0.1) is 0 Å². The lowest BCUT2D eigenvalue weighted by Crippen LogP contribution is -2.28. The van der Waals surface area contributed by atoms with Crippen LogP contribution in [0, 0.1) is 0 Å². The lowest BCUT2D eigenvalue weighted by Gasteiger charge is -2.13. The number of Topliss-reactive ketones (excluding diaryl/α,β-unsaturated/α-hetero) is 1. The van der Waals surface area contributed by atoms with Crippen LogP contribution in [0.4, 0.5) is 5.69 Å². The summed E-state index contributed by atoms with van der Waals surface area (Å²) in [5, 5.41) is 0. The third-order valence-electron chi connectivity index (χ3n) is 2.26. The Hall–Kier alpha value is -1.40. The summed E-state index contributed by atoms with van der Waals surface area (Å²) in [5.74, 6) is 0.0343. The molecule has 1 aromatic rings. The van der Waals surface area contributed by atoms with E-state index in [0.29, 0.717) is 17.7 Å². The summed E-state index contributed by atoms with van der Waals surface area (Å²) in [6.07, 6.45) is 0.433. The number of anilines is 1. The molecule has 17 heavy (non-hydrogen) atoms. The van der Waals surface area contributed by atoms with Gasteiger partial charge in [0.25, 0.3) is 0 Å². The molecule has 0 saturated carbocycles. The Bertz CT molecular complexity index is 492. The molecule has 0 atom stereocenters. The summed E-state index contributed by atoms with van der Waals surface area (Å²) in [4.78, 5) is 11.4. The average Bonchev–Trinajstić information content (AvgIpc) is 2.28. The van der Waals surface area contributed by atoms with E-state index in [1.54, 1.807) is 31.2 Å². The molecule has 0 aromatic heterocycles. The molecule has 0 spiro atoms. The monoisotopic (exact) mass is 256 g/mol. The second-order valence-corrected chi connectivity index (χ2v) is 5.63. The van der Waals surface area contributed by atoms with Gasteiger partial charge < -0.3 is 0 Å². The molecule has 5 nitrogen and oxygen atoms in total. The summed E-state index contributed by atoms with van der Waals surface area (Å²) < 4.78 is 26.5. The zero-order valence-corrected chi connectivity index (χ0v) is 10.9. The summed E-state index contributed by atoms with van der Waals surface area (Å²) in [6, 6.07) is 6.37. The molecule has 6 heteroatoms. The van der Waals surface area contributed by atoms with Crippen molar-refractivity contribution in [2.75, 3.05) is 18.8 Å². The number of nitrogens with one attached hydrogen (secondary N) is 1. The van der Waals surface area contributed by atoms with Crippen LogP contribution in [0.2, 0.25) is 0 Å². The Balaban J connectivity index is 2.86. The zero-order chi connectivity index (χ0) is 13.1. The molecule has 0 heterocycles. The van der Waals surface area contributed by atoms with E-state index in [4.69, 9.17) is 0 Å². The van der Waals surface area contributed by atoms with Crippen molar-refractivity contribution in [3.8, 4) is 0 Å². The van der Waals surface area contributed by atoms with Crippen molar-refractivity contribution >= 4 is 21.7 Å². The highest BCUT2D eigenvalue weighted by molar-refractivity contribution is 7.90. The van der Waals surface area contributed by atoms with Gasteiger partial charge >= 0.3 is 10.2 Å². The van der Waals surface area contributed by atoms with Crippen molar-refractivity contribution < 1.29 is 13.2 Å². The number of hydrogen-bond acceptors (Lipinski definition) is 3. The zero-order valence-electron chi connectivity index (χ0n) is 10.1. The Morgan fingerprint density at radius 2 is 1.76 bits per heavy atom. The SMILES string of the molecule is CCC(=O)c1ccc(NS(=O)(=O)N(C)C)cc1. The minimum Gasteiger partial charge on any atom is -0.294 e. The predicted molar refractivity (Wildman–Crippen MR) is 67.3 cm³/mol. The summed E-state index contributed by atoms with van der Waals surface area (Å²) in [6.45, 7) is 1.78. The standard InChI is InChI=1S/C11H16N2O3S/c1-4-11(14)9-5-7-10(8-6-9)12-17(15,16)13(2)3/h5-8,12H,4H2,1-3H3. The van der Waals surface area contributed by atoms with E-state index in [0.717, 1.165) is 4.31 Å². The second-order valence-electron chi connectivity index (χ2n) is 3.74. The van der Waals surface area contributed by atoms with Gasteiger partial charge in [0, 0.05) is 31.8 Å². The first-order chi connectivity index (χ1) is 7.86. The van der Waals surface area contributed by atoms with E-state index >= 15 is 0 Å². The van der Waals surface area contributed by atoms with E-state index in [2.05, 4.69) is 4.72 Å². The highest BCUT2D eigenvalue weighted by Gasteiger charge is 2.12. The summed E-state index contributed by atoms with van der Waals surface area (Å²) >= 11 is 0. The summed E-state index contributed by atoms with van der Waals surface area (Å²) in [5.41, 5.74) is 1.02. The third kappa shape index (κ3) is 3.54. The van der Waals surface area contributed by atoms with Crippen LogP contribution in [-0.2, 0) is 10.2 Å². The number of carbonyl (C=O) groups is 1. The molecule has 0 amide bonds. The van der Waals surface area contributed by atoms with Gasteiger partial charge in [0.1, 0.15) is 0 Å². The molecule has 0 fully saturated rings. The number of hydrogen-bond donors (Lipinski definition) is 1. The maximum absolute atomic E-state index is 11.5. The molecule has 0 aliphatic rings. The van der Waals surface area contributed by atoms with E-state index in [9.17, 15) is 13.2 Å². The Kier molecular flexibility index (Phi) is 4.25. The van der Waals surface area contributed by atoms with Crippen molar-refractivity contribution in [2.24, 2.45) is 0 Å². The quantitative estimate of drug-likeness (QED) is 0.812. The highest BCUT2D eigenvalue weighted by Crippen LogP contribution is 2.13. The summed E-state index contributed by atoms with van der Waals surface area (Å²) in [7, 11) is -0.608. The normalized spacial score (nSPS) is 11.5. The van der Waals surface area contributed by atoms with Gasteiger partial charge in [-0.3, -0.25) is 9.52 Å². The first kappa shape index (κ1) is 13.7. The van der Waals surface area contributed by atoms with Crippen LogP contribution >= 0.6 is 0 Å². The molecule has 0 radical (unpaired) electrons. The first-order valence-corrected chi connectivity index (χ1v) is 6.64. The van der Waals surface area contributed by atoms with Crippen molar-refractivity contribution in [3.63, 3.8) is 0 Å². The highest BCUT2D eigenvalue weighted by atomic mass is 32.2. The number of rotatable bonds is 5. The molecular formula is C11H16N2O3S. The fourth-order valence-electron chi connectivity index (χ4n) is 1.17. The fourth-order valence-corrected chi connectivity index (χ4v) is 1.79. The van der Waals surface area contributed by atoms with Crippen LogP contribution in [-0.4, -0.2) is 32.6 Å². The van der Waals surface area contributed by atoms with Gasteiger partial charge in [-0.1, -0.05) is 6.92 Å². The molecule has 1 N–H and O–H groups in total. The minimum absolute atomic E-state index is 0.0343. The number of ketones is 1. The van der Waals surface area contributed by atoms with E-state index in [1.165, 1.54) is 14.1 Å². The van der Waals surface area contributed by atoms with Gasteiger partial charge in [-0.2, -0.15) is 12.7 Å². The van der Waals surface area contributed by atoms with E-state index in [-0.39, 0.29) is 5.78 Å². The fraction of sp³-hybridized carbons (Fsp3) is 0.364. The van der Waals surface area contributed by atoms with Gasteiger partial charge in [0.2, 0.25) is 0 Å². The lowest BCUT2D eigenvalue weighted by molar-refractivity contribution is 0.0988.